The van der Waals surface area contributed by atoms with Crippen LogP contribution in [0.1, 0.15) is 19.4 Å². The van der Waals surface area contributed by atoms with Crippen molar-refractivity contribution in [3.63, 3.8) is 0 Å². The van der Waals surface area contributed by atoms with Gasteiger partial charge in [-0.05, 0) is 12.0 Å². The lowest BCUT2D eigenvalue weighted by Crippen LogP contribution is -2.43. The minimum absolute atomic E-state index is 0.0857. The second kappa shape index (κ2) is 9.48. The van der Waals surface area contributed by atoms with Gasteiger partial charge in [-0.3, -0.25) is 15.0 Å². The van der Waals surface area contributed by atoms with Crippen molar-refractivity contribution >= 4 is 11.4 Å². The Kier molecular flexibility index (Phi) is 7.66. The summed E-state index contributed by atoms with van der Waals surface area (Å²) in [5.74, 6) is 0.376. The van der Waals surface area contributed by atoms with E-state index >= 15 is 0 Å². The van der Waals surface area contributed by atoms with E-state index in [2.05, 4.69) is 37.2 Å². The van der Waals surface area contributed by atoms with Crippen LogP contribution in [0.2, 0.25) is 0 Å². The molecule has 1 rings (SSSR count). The molecule has 1 unspecified atom stereocenters. The molecule has 0 spiro atoms. The molecule has 0 heterocycles. The fourth-order valence-corrected chi connectivity index (χ4v) is 2.57. The van der Waals surface area contributed by atoms with Gasteiger partial charge in [-0.2, -0.15) is 5.26 Å². The summed E-state index contributed by atoms with van der Waals surface area (Å²) in [6.07, 6.45) is 3.71. The van der Waals surface area contributed by atoms with E-state index in [1.165, 1.54) is 12.1 Å². The molecule has 0 aliphatic heterocycles. The fraction of sp³-hybridized carbons (Fsp3) is 0.389. The number of non-ortho nitro benzene ring substituents is 1. The highest BCUT2D eigenvalue weighted by Crippen LogP contribution is 2.22. The molecule has 0 amide bonds. The van der Waals surface area contributed by atoms with Crippen LogP contribution in [0.3, 0.4) is 0 Å². The summed E-state index contributed by atoms with van der Waals surface area (Å²) in [5.41, 5.74) is 0.786. The number of hydrogen-bond donors (Lipinski definition) is 1. The Hall–Kier alpha value is -2.65. The number of nitrogens with one attached hydrogen (secondary N) is 1. The number of hydrogen-bond acceptors (Lipinski definition) is 5. The Bertz CT molecular complexity index is 624. The van der Waals surface area contributed by atoms with Gasteiger partial charge in [0.25, 0.3) is 5.69 Å². The van der Waals surface area contributed by atoms with Crippen LogP contribution in [-0.4, -0.2) is 35.5 Å². The molecule has 1 N–H and O–H groups in total. The van der Waals surface area contributed by atoms with Gasteiger partial charge in [0.15, 0.2) is 0 Å². The first-order chi connectivity index (χ1) is 11.4. The highest BCUT2D eigenvalue weighted by Gasteiger charge is 2.20. The van der Waals surface area contributed by atoms with Gasteiger partial charge >= 0.3 is 0 Å². The molecule has 1 aromatic carbocycles. The molecule has 0 aromatic heterocycles. The van der Waals surface area contributed by atoms with Gasteiger partial charge in [-0.15, -0.1) is 13.2 Å². The largest absolute Gasteiger partial charge is 0.382 e. The van der Waals surface area contributed by atoms with Crippen LogP contribution in [0.15, 0.2) is 43.5 Å². The highest BCUT2D eigenvalue weighted by atomic mass is 16.6. The van der Waals surface area contributed by atoms with E-state index in [1.54, 1.807) is 6.07 Å². The van der Waals surface area contributed by atoms with Crippen molar-refractivity contribution in [3.8, 4) is 6.07 Å². The molecule has 6 heteroatoms. The first-order valence-electron chi connectivity index (χ1n) is 7.82. The van der Waals surface area contributed by atoms with Gasteiger partial charge in [-0.1, -0.05) is 26.0 Å². The molecule has 0 aliphatic carbocycles. The Morgan fingerprint density at radius 2 is 2.00 bits per heavy atom. The predicted molar refractivity (Wildman–Crippen MR) is 96.9 cm³/mol. The zero-order valence-electron chi connectivity index (χ0n) is 14.2. The van der Waals surface area contributed by atoms with E-state index in [-0.39, 0.29) is 17.3 Å². The number of anilines is 1. The summed E-state index contributed by atoms with van der Waals surface area (Å²) in [6, 6.07) is 6.50. The van der Waals surface area contributed by atoms with Crippen molar-refractivity contribution in [1.29, 1.82) is 5.26 Å². The third-order valence-corrected chi connectivity index (χ3v) is 3.80. The fourth-order valence-electron chi connectivity index (χ4n) is 2.57. The lowest BCUT2D eigenvalue weighted by Gasteiger charge is -2.33. The van der Waals surface area contributed by atoms with E-state index in [0.717, 1.165) is 13.1 Å². The summed E-state index contributed by atoms with van der Waals surface area (Å²) >= 11 is 0. The number of nitriles is 1. The Balaban J connectivity index is 2.94. The summed E-state index contributed by atoms with van der Waals surface area (Å²) < 4.78 is 0. The molecule has 24 heavy (non-hydrogen) atoms. The Morgan fingerprint density at radius 3 is 2.46 bits per heavy atom. The maximum Gasteiger partial charge on any atom is 0.270 e. The first-order valence-corrected chi connectivity index (χ1v) is 7.82. The molecule has 128 valence electrons. The molecule has 0 saturated heterocycles. The molecule has 0 bridgehead atoms. The number of rotatable bonds is 10. The van der Waals surface area contributed by atoms with Crippen molar-refractivity contribution in [2.24, 2.45) is 5.92 Å². The van der Waals surface area contributed by atoms with E-state index in [9.17, 15) is 15.4 Å². The molecule has 0 aliphatic rings. The zero-order chi connectivity index (χ0) is 18.1. The van der Waals surface area contributed by atoms with Crippen LogP contribution in [0, 0.1) is 27.4 Å². The van der Waals surface area contributed by atoms with Crippen molar-refractivity contribution in [2.75, 3.05) is 25.0 Å². The molecule has 0 saturated carbocycles. The second-order valence-electron chi connectivity index (χ2n) is 5.82. The molecule has 0 radical (unpaired) electrons. The van der Waals surface area contributed by atoms with Crippen LogP contribution < -0.4 is 5.32 Å². The van der Waals surface area contributed by atoms with E-state index in [4.69, 9.17) is 0 Å². The summed E-state index contributed by atoms with van der Waals surface area (Å²) in [7, 11) is 0. The van der Waals surface area contributed by atoms with Crippen molar-refractivity contribution in [3.05, 3.63) is 59.2 Å². The Labute approximate surface area is 143 Å². The minimum Gasteiger partial charge on any atom is -0.382 e. The third kappa shape index (κ3) is 5.21. The topological polar surface area (TPSA) is 82.2 Å². The monoisotopic (exact) mass is 328 g/mol. The first kappa shape index (κ1) is 19.4. The maximum atomic E-state index is 10.8. The average molecular weight is 328 g/mol. The number of nitro groups is 1. The Morgan fingerprint density at radius 1 is 1.38 bits per heavy atom. The smallest absolute Gasteiger partial charge is 0.270 e. The van der Waals surface area contributed by atoms with Crippen molar-refractivity contribution in [2.45, 2.75) is 19.9 Å². The summed E-state index contributed by atoms with van der Waals surface area (Å²) in [6.45, 7) is 13.9. The second-order valence-corrected chi connectivity index (χ2v) is 5.82. The maximum absolute atomic E-state index is 10.8. The van der Waals surface area contributed by atoms with Crippen LogP contribution in [-0.2, 0) is 0 Å². The van der Waals surface area contributed by atoms with Gasteiger partial charge in [0.05, 0.1) is 16.2 Å². The quantitative estimate of drug-likeness (QED) is 0.403. The van der Waals surface area contributed by atoms with Crippen LogP contribution in [0.4, 0.5) is 11.4 Å². The molecular weight excluding hydrogens is 304 g/mol. The third-order valence-electron chi connectivity index (χ3n) is 3.80. The van der Waals surface area contributed by atoms with E-state index in [1.807, 2.05) is 18.2 Å². The highest BCUT2D eigenvalue weighted by molar-refractivity contribution is 5.61. The molecule has 0 fully saturated rings. The van der Waals surface area contributed by atoms with Gasteiger partial charge in [0.1, 0.15) is 6.07 Å². The predicted octanol–water partition coefficient (Wildman–Crippen LogP) is 3.58. The normalized spacial score (nSPS) is 11.8. The van der Waals surface area contributed by atoms with Crippen molar-refractivity contribution < 1.29 is 4.92 Å². The van der Waals surface area contributed by atoms with E-state index in [0.29, 0.717) is 18.2 Å². The average Bonchev–Trinajstić information content (AvgIpc) is 2.55. The van der Waals surface area contributed by atoms with Crippen LogP contribution in [0.5, 0.6) is 0 Å². The molecule has 1 aromatic rings. The standard InChI is InChI=1S/C18H24N4O2/c1-5-9-21(10-6-2)18(14(3)4)13-20-17-8-7-16(22(23)24)11-15(17)12-19/h5-8,11,14,18,20H,1-2,9-10,13H2,3-4H3. The summed E-state index contributed by atoms with van der Waals surface area (Å²) in [5, 5.41) is 23.3. The lowest BCUT2D eigenvalue weighted by molar-refractivity contribution is -0.384. The zero-order valence-corrected chi connectivity index (χ0v) is 14.2. The van der Waals surface area contributed by atoms with Crippen LogP contribution in [0.25, 0.3) is 0 Å². The molecule has 1 atom stereocenters. The van der Waals surface area contributed by atoms with Gasteiger partial charge in [0, 0.05) is 37.8 Å². The number of benzene rings is 1. The van der Waals surface area contributed by atoms with Gasteiger partial charge < -0.3 is 5.32 Å². The minimum atomic E-state index is -0.503. The van der Waals surface area contributed by atoms with E-state index < -0.39 is 4.92 Å². The number of nitrogens with zero attached hydrogens (tertiary/aromatic N) is 3. The number of nitro benzene ring substituents is 1. The SMILES string of the molecule is C=CCN(CC=C)C(CNc1ccc([N+](=O)[O-])cc1C#N)C(C)C. The van der Waals surface area contributed by atoms with Crippen LogP contribution >= 0.6 is 0 Å². The lowest BCUT2D eigenvalue weighted by atomic mass is 10.0. The van der Waals surface area contributed by atoms with Gasteiger partial charge in [-0.25, -0.2) is 0 Å². The van der Waals surface area contributed by atoms with Crippen molar-refractivity contribution in [1.82, 2.24) is 4.90 Å². The summed E-state index contributed by atoms with van der Waals surface area (Å²) in [4.78, 5) is 12.6. The molecular formula is C18H24N4O2. The van der Waals surface area contributed by atoms with Gasteiger partial charge in [0.2, 0.25) is 0 Å². The molecule has 6 nitrogen and oxygen atoms in total.